The monoisotopic (exact) mass is 227 g/mol. The number of hydrogen-bond donors (Lipinski definition) is 2. The molecule has 0 unspecified atom stereocenters. The van der Waals surface area contributed by atoms with E-state index in [0.29, 0.717) is 6.61 Å². The second kappa shape index (κ2) is 8.31. The van der Waals surface area contributed by atoms with Crippen molar-refractivity contribution in [3.63, 3.8) is 0 Å². The van der Waals surface area contributed by atoms with E-state index >= 15 is 0 Å². The van der Waals surface area contributed by atoms with Gasteiger partial charge in [0.05, 0.1) is 18.0 Å². The Hall–Kier alpha value is -0.290. The average Bonchev–Trinajstić information content (AvgIpc) is 2.38. The van der Waals surface area contributed by atoms with Crippen molar-refractivity contribution in [2.75, 3.05) is 14.2 Å². The fourth-order valence-corrected chi connectivity index (χ4v) is 0.910. The van der Waals surface area contributed by atoms with E-state index in [1.54, 1.807) is 7.11 Å². The number of halogens is 2. The Balaban J connectivity index is 0. The van der Waals surface area contributed by atoms with Crippen LogP contribution in [0.5, 0.6) is 0 Å². The number of nitrogens with one attached hydrogen (secondary N) is 2. The van der Waals surface area contributed by atoms with E-state index in [2.05, 4.69) is 15.5 Å². The molecule has 4 nitrogen and oxygen atoms in total. The van der Waals surface area contributed by atoms with E-state index in [-0.39, 0.29) is 24.8 Å². The fourth-order valence-electron chi connectivity index (χ4n) is 0.910. The number of H-pyrrole nitrogens is 1. The molecular weight excluding hydrogens is 213 g/mol. The van der Waals surface area contributed by atoms with Gasteiger partial charge in [0.2, 0.25) is 0 Å². The molecule has 78 valence electrons. The van der Waals surface area contributed by atoms with Crippen LogP contribution in [0, 0.1) is 0 Å². The topological polar surface area (TPSA) is 49.9 Å². The van der Waals surface area contributed by atoms with E-state index in [9.17, 15) is 0 Å². The summed E-state index contributed by atoms with van der Waals surface area (Å²) < 4.78 is 4.93. The summed E-state index contributed by atoms with van der Waals surface area (Å²) >= 11 is 0. The minimum Gasteiger partial charge on any atom is -0.378 e. The highest BCUT2D eigenvalue weighted by Gasteiger charge is 1.97. The second-order valence-corrected chi connectivity index (χ2v) is 2.35. The maximum Gasteiger partial charge on any atom is 0.0878 e. The average molecular weight is 228 g/mol. The van der Waals surface area contributed by atoms with E-state index in [0.717, 1.165) is 17.9 Å². The summed E-state index contributed by atoms with van der Waals surface area (Å²) in [7, 11) is 3.56. The van der Waals surface area contributed by atoms with Crippen LogP contribution in [-0.2, 0) is 17.9 Å². The van der Waals surface area contributed by atoms with E-state index < -0.39 is 0 Å². The van der Waals surface area contributed by atoms with Crippen molar-refractivity contribution in [2.45, 2.75) is 13.2 Å². The number of hydrogen-bond acceptors (Lipinski definition) is 3. The predicted molar refractivity (Wildman–Crippen MR) is 56.6 cm³/mol. The van der Waals surface area contributed by atoms with Gasteiger partial charge in [-0.15, -0.1) is 24.8 Å². The Kier molecular flexibility index (Phi) is 9.72. The molecule has 0 aliphatic carbocycles. The first-order chi connectivity index (χ1) is 5.36. The van der Waals surface area contributed by atoms with E-state index in [4.69, 9.17) is 4.74 Å². The summed E-state index contributed by atoms with van der Waals surface area (Å²) in [6.45, 7) is 1.39. The van der Waals surface area contributed by atoms with Gasteiger partial charge in [-0.05, 0) is 13.1 Å². The molecule has 0 saturated carbocycles. The van der Waals surface area contributed by atoms with Crippen molar-refractivity contribution in [3.8, 4) is 0 Å². The fraction of sp³-hybridized carbons (Fsp3) is 0.571. The smallest absolute Gasteiger partial charge is 0.0878 e. The molecule has 0 spiro atoms. The Labute approximate surface area is 90.3 Å². The first-order valence-electron chi connectivity index (χ1n) is 3.53. The Morgan fingerprint density at radius 2 is 2.23 bits per heavy atom. The minimum atomic E-state index is 0. The number of rotatable bonds is 4. The maximum atomic E-state index is 4.93. The number of methoxy groups -OCH3 is 1. The van der Waals surface area contributed by atoms with Crippen LogP contribution in [0.4, 0.5) is 0 Å². The number of aromatic nitrogens is 2. The summed E-state index contributed by atoms with van der Waals surface area (Å²) in [6.07, 6.45) is 0. The van der Waals surface area contributed by atoms with Crippen molar-refractivity contribution in [1.82, 2.24) is 15.5 Å². The first-order valence-corrected chi connectivity index (χ1v) is 3.53. The van der Waals surface area contributed by atoms with Gasteiger partial charge in [0, 0.05) is 13.7 Å². The van der Waals surface area contributed by atoms with Crippen molar-refractivity contribution in [2.24, 2.45) is 0 Å². The van der Waals surface area contributed by atoms with Crippen LogP contribution in [0.15, 0.2) is 6.07 Å². The number of aromatic amines is 1. The highest BCUT2D eigenvalue weighted by atomic mass is 35.5. The molecule has 0 aliphatic heterocycles. The normalized spacial score (nSPS) is 8.77. The van der Waals surface area contributed by atoms with Gasteiger partial charge in [-0.1, -0.05) is 0 Å². The molecule has 1 aromatic heterocycles. The van der Waals surface area contributed by atoms with Crippen LogP contribution < -0.4 is 5.32 Å². The SMILES string of the molecule is CNCc1cc(COC)[nH]n1.Cl.Cl. The zero-order chi connectivity index (χ0) is 8.10. The lowest BCUT2D eigenvalue weighted by molar-refractivity contribution is 0.181. The van der Waals surface area contributed by atoms with Gasteiger partial charge in [-0.2, -0.15) is 5.10 Å². The van der Waals surface area contributed by atoms with Crippen LogP contribution in [0.25, 0.3) is 0 Å². The van der Waals surface area contributed by atoms with Crippen molar-refractivity contribution in [1.29, 1.82) is 0 Å². The molecule has 2 N–H and O–H groups in total. The van der Waals surface area contributed by atoms with Crippen LogP contribution in [-0.4, -0.2) is 24.4 Å². The highest BCUT2D eigenvalue weighted by molar-refractivity contribution is 5.85. The van der Waals surface area contributed by atoms with Crippen molar-refractivity contribution < 1.29 is 4.74 Å². The van der Waals surface area contributed by atoms with Crippen LogP contribution in [0.3, 0.4) is 0 Å². The van der Waals surface area contributed by atoms with Gasteiger partial charge in [0.25, 0.3) is 0 Å². The maximum absolute atomic E-state index is 4.93. The summed E-state index contributed by atoms with van der Waals surface area (Å²) in [4.78, 5) is 0. The molecule has 0 atom stereocenters. The van der Waals surface area contributed by atoms with Gasteiger partial charge in [0.1, 0.15) is 0 Å². The number of ether oxygens (including phenoxy) is 1. The van der Waals surface area contributed by atoms with Gasteiger partial charge in [0.15, 0.2) is 0 Å². The lowest BCUT2D eigenvalue weighted by Crippen LogP contribution is -2.04. The lowest BCUT2D eigenvalue weighted by Gasteiger charge is -1.90. The third-order valence-electron chi connectivity index (χ3n) is 1.34. The Bertz CT molecular complexity index is 197. The Morgan fingerprint density at radius 1 is 1.54 bits per heavy atom. The molecular formula is C7H15Cl2N3O. The van der Waals surface area contributed by atoms with Gasteiger partial charge in [-0.3, -0.25) is 5.10 Å². The first kappa shape index (κ1) is 15.2. The van der Waals surface area contributed by atoms with Crippen LogP contribution in [0.2, 0.25) is 0 Å². The van der Waals surface area contributed by atoms with E-state index in [1.807, 2.05) is 13.1 Å². The molecule has 0 aromatic carbocycles. The summed E-state index contributed by atoms with van der Waals surface area (Å²) in [5.74, 6) is 0. The van der Waals surface area contributed by atoms with Crippen molar-refractivity contribution in [3.05, 3.63) is 17.5 Å². The molecule has 1 rings (SSSR count). The lowest BCUT2D eigenvalue weighted by atomic mass is 10.3. The van der Waals surface area contributed by atoms with Gasteiger partial charge >= 0.3 is 0 Å². The van der Waals surface area contributed by atoms with Crippen LogP contribution >= 0.6 is 24.8 Å². The predicted octanol–water partition coefficient (Wildman–Crippen LogP) is 1.12. The summed E-state index contributed by atoms with van der Waals surface area (Å²) in [5, 5.41) is 9.95. The molecule has 1 aromatic rings. The highest BCUT2D eigenvalue weighted by Crippen LogP contribution is 1.99. The zero-order valence-corrected chi connectivity index (χ0v) is 9.30. The zero-order valence-electron chi connectivity index (χ0n) is 7.66. The molecule has 0 fully saturated rings. The molecule has 13 heavy (non-hydrogen) atoms. The molecule has 0 amide bonds. The quantitative estimate of drug-likeness (QED) is 0.811. The van der Waals surface area contributed by atoms with Crippen molar-refractivity contribution >= 4 is 24.8 Å². The minimum absolute atomic E-state index is 0. The summed E-state index contributed by atoms with van der Waals surface area (Å²) in [6, 6.07) is 1.99. The van der Waals surface area contributed by atoms with Crippen LogP contribution in [0.1, 0.15) is 11.4 Å². The largest absolute Gasteiger partial charge is 0.378 e. The molecule has 0 saturated heterocycles. The third kappa shape index (κ3) is 5.10. The van der Waals surface area contributed by atoms with E-state index in [1.165, 1.54) is 0 Å². The molecule has 0 aliphatic rings. The third-order valence-corrected chi connectivity index (χ3v) is 1.34. The number of nitrogens with zero attached hydrogens (tertiary/aromatic N) is 1. The molecule has 0 radical (unpaired) electrons. The standard InChI is InChI=1S/C7H13N3O.2ClH/c1-8-4-6-3-7(5-11-2)10-9-6;;/h3,8H,4-5H2,1-2H3,(H,9,10);2*1H. The molecule has 0 bridgehead atoms. The molecule has 6 heteroatoms. The summed E-state index contributed by atoms with van der Waals surface area (Å²) in [5.41, 5.74) is 2.03. The molecule has 1 heterocycles. The Morgan fingerprint density at radius 3 is 2.77 bits per heavy atom. The van der Waals surface area contributed by atoms with Gasteiger partial charge < -0.3 is 10.1 Å². The second-order valence-electron chi connectivity index (χ2n) is 2.35. The van der Waals surface area contributed by atoms with Gasteiger partial charge in [-0.25, -0.2) is 0 Å².